The van der Waals surface area contributed by atoms with Crippen LogP contribution in [0.1, 0.15) is 15.9 Å². The summed E-state index contributed by atoms with van der Waals surface area (Å²) in [4.78, 5) is 36.7. The van der Waals surface area contributed by atoms with E-state index >= 15 is 0 Å². The molecule has 8 nitrogen and oxygen atoms in total. The lowest BCUT2D eigenvalue weighted by Crippen LogP contribution is -2.43. The van der Waals surface area contributed by atoms with E-state index in [-0.39, 0.29) is 17.7 Å². The van der Waals surface area contributed by atoms with Gasteiger partial charge in [0.05, 0.1) is 14.2 Å². The number of phenols is 1. The van der Waals surface area contributed by atoms with Crippen molar-refractivity contribution in [1.82, 2.24) is 5.32 Å². The number of hydrogen-bond donors (Lipinski definition) is 2. The molecule has 2 N–H and O–H groups in total. The maximum absolute atomic E-state index is 12.5. The Morgan fingerprint density at radius 3 is 2.48 bits per heavy atom. The van der Waals surface area contributed by atoms with Gasteiger partial charge < -0.3 is 24.3 Å². The molecular formula is C21H19NO7. The van der Waals surface area contributed by atoms with Crippen molar-refractivity contribution in [3.8, 4) is 11.5 Å². The Hall–Kier alpha value is -3.81. The zero-order chi connectivity index (χ0) is 21.0. The summed E-state index contributed by atoms with van der Waals surface area (Å²) < 4.78 is 15.2. The minimum Gasteiger partial charge on any atom is -0.508 e. The van der Waals surface area contributed by atoms with Gasteiger partial charge in [-0.2, -0.15) is 0 Å². The molecule has 8 heteroatoms. The molecule has 3 rings (SSSR count). The van der Waals surface area contributed by atoms with Gasteiger partial charge in [-0.1, -0.05) is 0 Å². The number of carbonyl (C=O) groups is 2. The average molecular weight is 397 g/mol. The first-order valence-electron chi connectivity index (χ1n) is 8.69. The minimum absolute atomic E-state index is 0.0176. The average Bonchev–Trinajstić information content (AvgIpc) is 2.72. The molecule has 0 radical (unpaired) electrons. The van der Waals surface area contributed by atoms with Crippen molar-refractivity contribution in [3.63, 3.8) is 0 Å². The van der Waals surface area contributed by atoms with Crippen molar-refractivity contribution < 1.29 is 28.6 Å². The molecule has 0 bridgehead atoms. The fourth-order valence-corrected chi connectivity index (χ4v) is 2.92. The maximum atomic E-state index is 12.5. The summed E-state index contributed by atoms with van der Waals surface area (Å²) in [7, 11) is 2.71. The number of aromatic hydroxyl groups is 1. The quantitative estimate of drug-likeness (QED) is 0.483. The number of ether oxygens (including phenoxy) is 2. The van der Waals surface area contributed by atoms with Gasteiger partial charge in [-0.05, 0) is 42.0 Å². The van der Waals surface area contributed by atoms with Crippen molar-refractivity contribution in [1.29, 1.82) is 0 Å². The molecule has 1 amide bonds. The van der Waals surface area contributed by atoms with Gasteiger partial charge in [0, 0.05) is 29.5 Å². The van der Waals surface area contributed by atoms with Gasteiger partial charge in [-0.3, -0.25) is 4.79 Å². The molecule has 2 aromatic carbocycles. The van der Waals surface area contributed by atoms with Crippen LogP contribution in [0.25, 0.3) is 11.0 Å². The van der Waals surface area contributed by atoms with E-state index < -0.39 is 23.5 Å². The van der Waals surface area contributed by atoms with E-state index in [1.54, 1.807) is 18.2 Å². The van der Waals surface area contributed by atoms with Gasteiger partial charge in [0.15, 0.2) is 0 Å². The zero-order valence-corrected chi connectivity index (χ0v) is 15.8. The first-order valence-corrected chi connectivity index (χ1v) is 8.69. The smallest absolute Gasteiger partial charge is 0.336 e. The SMILES string of the molecule is COC(=O)[C@H](Cc1cc(=O)oc2cc(OC)ccc12)NC(=O)c1ccc(O)cc1. The molecule has 0 unspecified atom stereocenters. The van der Waals surface area contributed by atoms with E-state index in [0.29, 0.717) is 22.3 Å². The third-order valence-electron chi connectivity index (χ3n) is 4.38. The highest BCUT2D eigenvalue weighted by molar-refractivity contribution is 5.97. The molecular weight excluding hydrogens is 378 g/mol. The van der Waals surface area contributed by atoms with Crippen molar-refractivity contribution in [2.24, 2.45) is 0 Å². The van der Waals surface area contributed by atoms with Crippen molar-refractivity contribution in [2.75, 3.05) is 14.2 Å². The first kappa shape index (κ1) is 19.9. The number of carbonyl (C=O) groups excluding carboxylic acids is 2. The molecule has 3 aromatic rings. The molecule has 1 heterocycles. The molecule has 0 saturated carbocycles. The highest BCUT2D eigenvalue weighted by Crippen LogP contribution is 2.23. The second-order valence-corrected chi connectivity index (χ2v) is 6.25. The van der Waals surface area contributed by atoms with Gasteiger partial charge >= 0.3 is 11.6 Å². The topological polar surface area (TPSA) is 115 Å². The molecule has 0 aliphatic heterocycles. The summed E-state index contributed by atoms with van der Waals surface area (Å²) >= 11 is 0. The Bertz CT molecular complexity index is 1100. The van der Waals surface area contributed by atoms with Crippen LogP contribution in [-0.2, 0) is 16.0 Å². The molecule has 0 aliphatic carbocycles. The third-order valence-corrected chi connectivity index (χ3v) is 4.38. The standard InChI is InChI=1S/C21H19NO7/c1-27-15-7-8-16-13(10-19(24)29-18(16)11-15)9-17(21(26)28-2)22-20(25)12-3-5-14(23)6-4-12/h3-8,10-11,17,23H,9H2,1-2H3,(H,22,25)/t17-/m0/s1. The number of fused-ring (bicyclic) bond motifs is 1. The van der Waals surface area contributed by atoms with Crippen LogP contribution in [0.4, 0.5) is 0 Å². The number of phenolic OH excluding ortho intramolecular Hbond substituents is 1. The Balaban J connectivity index is 1.92. The Morgan fingerprint density at radius 2 is 1.83 bits per heavy atom. The second kappa shape index (κ2) is 8.47. The number of amides is 1. The predicted molar refractivity (Wildman–Crippen MR) is 104 cm³/mol. The fourth-order valence-electron chi connectivity index (χ4n) is 2.92. The van der Waals surface area contributed by atoms with Crippen LogP contribution in [0.15, 0.2) is 57.7 Å². The zero-order valence-electron chi connectivity index (χ0n) is 15.8. The number of benzene rings is 2. The largest absolute Gasteiger partial charge is 0.508 e. The van der Waals surface area contributed by atoms with Gasteiger partial charge in [0.25, 0.3) is 5.91 Å². The predicted octanol–water partition coefficient (Wildman–Crippen LogP) is 2.02. The van der Waals surface area contributed by atoms with E-state index in [1.807, 2.05) is 0 Å². The van der Waals surface area contributed by atoms with Crippen LogP contribution >= 0.6 is 0 Å². The van der Waals surface area contributed by atoms with Crippen LogP contribution in [0.2, 0.25) is 0 Å². The fraction of sp³-hybridized carbons (Fsp3) is 0.190. The second-order valence-electron chi connectivity index (χ2n) is 6.25. The Kier molecular flexibility index (Phi) is 5.82. The summed E-state index contributed by atoms with van der Waals surface area (Å²) in [6.45, 7) is 0. The number of esters is 1. The van der Waals surface area contributed by atoms with E-state index in [9.17, 15) is 19.5 Å². The van der Waals surface area contributed by atoms with Crippen molar-refractivity contribution in [2.45, 2.75) is 12.5 Å². The van der Waals surface area contributed by atoms with Crippen LogP contribution in [0, 0.1) is 0 Å². The lowest BCUT2D eigenvalue weighted by atomic mass is 10.0. The summed E-state index contributed by atoms with van der Waals surface area (Å²) in [6.07, 6.45) is 0.0188. The maximum Gasteiger partial charge on any atom is 0.336 e. The van der Waals surface area contributed by atoms with Gasteiger partial charge in [-0.15, -0.1) is 0 Å². The Morgan fingerprint density at radius 1 is 1.10 bits per heavy atom. The molecule has 0 spiro atoms. The van der Waals surface area contributed by atoms with E-state index in [0.717, 1.165) is 0 Å². The third kappa shape index (κ3) is 4.55. The molecule has 0 fully saturated rings. The highest BCUT2D eigenvalue weighted by Gasteiger charge is 2.24. The van der Waals surface area contributed by atoms with E-state index in [4.69, 9.17) is 13.9 Å². The molecule has 150 valence electrons. The molecule has 0 saturated heterocycles. The summed E-state index contributed by atoms with van der Waals surface area (Å²) in [6, 6.07) is 10.8. The highest BCUT2D eigenvalue weighted by atomic mass is 16.5. The van der Waals surface area contributed by atoms with Crippen LogP contribution in [0.5, 0.6) is 11.5 Å². The van der Waals surface area contributed by atoms with E-state index in [1.165, 1.54) is 44.6 Å². The summed E-state index contributed by atoms with van der Waals surface area (Å²) in [5, 5.41) is 12.6. The summed E-state index contributed by atoms with van der Waals surface area (Å²) in [5.74, 6) is -0.645. The summed E-state index contributed by atoms with van der Waals surface area (Å²) in [5.41, 5.74) is 0.494. The number of methoxy groups -OCH3 is 2. The van der Waals surface area contributed by atoms with Crippen molar-refractivity contribution >= 4 is 22.8 Å². The minimum atomic E-state index is -1.03. The van der Waals surface area contributed by atoms with Gasteiger partial charge in [0.2, 0.25) is 0 Å². The van der Waals surface area contributed by atoms with Gasteiger partial charge in [0.1, 0.15) is 23.1 Å². The normalized spacial score (nSPS) is 11.7. The van der Waals surface area contributed by atoms with Crippen molar-refractivity contribution in [3.05, 3.63) is 70.1 Å². The lowest BCUT2D eigenvalue weighted by molar-refractivity contribution is -0.142. The molecule has 29 heavy (non-hydrogen) atoms. The Labute approximate surface area is 165 Å². The monoisotopic (exact) mass is 397 g/mol. The van der Waals surface area contributed by atoms with Crippen LogP contribution in [0.3, 0.4) is 0 Å². The van der Waals surface area contributed by atoms with Crippen LogP contribution < -0.4 is 15.7 Å². The van der Waals surface area contributed by atoms with Gasteiger partial charge in [-0.25, -0.2) is 9.59 Å². The first-order chi connectivity index (χ1) is 13.9. The number of hydrogen-bond acceptors (Lipinski definition) is 7. The number of nitrogens with one attached hydrogen (secondary N) is 1. The molecule has 1 atom stereocenters. The van der Waals surface area contributed by atoms with E-state index in [2.05, 4.69) is 5.32 Å². The van der Waals surface area contributed by atoms with Crippen LogP contribution in [-0.4, -0.2) is 37.2 Å². The number of rotatable bonds is 6. The molecule has 0 aliphatic rings. The lowest BCUT2D eigenvalue weighted by Gasteiger charge is -2.17. The molecule has 1 aromatic heterocycles.